The summed E-state index contributed by atoms with van der Waals surface area (Å²) in [4.78, 5) is 35.2. The third-order valence-corrected chi connectivity index (χ3v) is 4.30. The number of amides is 2. The first-order valence-corrected chi connectivity index (χ1v) is 8.04. The van der Waals surface area contributed by atoms with Gasteiger partial charge >= 0.3 is 0 Å². The Labute approximate surface area is 151 Å². The van der Waals surface area contributed by atoms with Crippen LogP contribution in [0.25, 0.3) is 6.08 Å². The van der Waals surface area contributed by atoms with Gasteiger partial charge in [-0.1, -0.05) is 18.2 Å². The maximum Gasteiger partial charge on any atom is 0.284 e. The Bertz CT molecular complexity index is 939. The second-order valence-corrected chi connectivity index (χ2v) is 6.30. The Balaban J connectivity index is 1.97. The van der Waals surface area contributed by atoms with Crippen LogP contribution in [0.3, 0.4) is 0 Å². The molecule has 1 saturated heterocycles. The molecule has 0 bridgehead atoms. The molecule has 0 spiro atoms. The number of carbonyl (C=O) groups is 2. The minimum absolute atomic E-state index is 0.0851. The van der Waals surface area contributed by atoms with Crippen molar-refractivity contribution in [1.82, 2.24) is 5.43 Å². The van der Waals surface area contributed by atoms with Crippen molar-refractivity contribution >= 4 is 45.2 Å². The zero-order chi connectivity index (χ0) is 18.1. The Morgan fingerprint density at radius 1 is 1.20 bits per heavy atom. The van der Waals surface area contributed by atoms with Gasteiger partial charge in [0, 0.05) is 6.07 Å². The fraction of sp³-hybridized carbons (Fsp3) is 0.0588. The molecule has 7 nitrogen and oxygen atoms in total. The summed E-state index contributed by atoms with van der Waals surface area (Å²) in [6, 6.07) is 11.5. The minimum Gasteiger partial charge on any atom is -0.267 e. The number of carbonyl (C=O) groups excluding carboxylic acids is 2. The lowest BCUT2D eigenvalue weighted by Gasteiger charge is -2.14. The molecule has 2 amide bonds. The van der Waals surface area contributed by atoms with Crippen LogP contribution >= 0.6 is 15.9 Å². The van der Waals surface area contributed by atoms with E-state index in [1.54, 1.807) is 24.3 Å². The molecule has 1 N–H and O–H groups in total. The predicted octanol–water partition coefficient (Wildman–Crippen LogP) is 3.13. The van der Waals surface area contributed by atoms with Gasteiger partial charge in [-0.15, -0.1) is 0 Å². The van der Waals surface area contributed by atoms with Crippen LogP contribution in [0, 0.1) is 17.0 Å². The zero-order valence-corrected chi connectivity index (χ0v) is 14.6. The fourth-order valence-electron chi connectivity index (χ4n) is 2.43. The van der Waals surface area contributed by atoms with E-state index in [-0.39, 0.29) is 11.3 Å². The smallest absolute Gasteiger partial charge is 0.267 e. The maximum atomic E-state index is 12.5. The number of hydrazine groups is 1. The molecular weight excluding hydrogens is 390 g/mol. The molecule has 0 aromatic heterocycles. The van der Waals surface area contributed by atoms with E-state index in [4.69, 9.17) is 0 Å². The molecule has 8 heteroatoms. The first-order chi connectivity index (χ1) is 11.9. The van der Waals surface area contributed by atoms with E-state index in [0.717, 1.165) is 10.6 Å². The van der Waals surface area contributed by atoms with E-state index in [0.29, 0.717) is 15.7 Å². The van der Waals surface area contributed by atoms with Crippen LogP contribution < -0.4 is 10.4 Å². The van der Waals surface area contributed by atoms with E-state index < -0.39 is 16.7 Å². The average molecular weight is 402 g/mol. The summed E-state index contributed by atoms with van der Waals surface area (Å²) in [5.41, 5.74) is 4.15. The summed E-state index contributed by atoms with van der Waals surface area (Å²) < 4.78 is 0.322. The molecule has 1 aliphatic heterocycles. The number of hydrogen-bond acceptors (Lipinski definition) is 4. The molecule has 3 rings (SSSR count). The fourth-order valence-corrected chi connectivity index (χ4v) is 2.82. The lowest BCUT2D eigenvalue weighted by molar-refractivity contribution is -0.385. The van der Waals surface area contributed by atoms with Crippen LogP contribution in [0.5, 0.6) is 0 Å². The maximum absolute atomic E-state index is 12.5. The number of nitrogens with one attached hydrogen (secondary N) is 1. The van der Waals surface area contributed by atoms with E-state index in [1.807, 2.05) is 13.0 Å². The number of nitro benzene ring substituents is 1. The number of rotatable bonds is 3. The molecule has 0 atom stereocenters. The highest BCUT2D eigenvalue weighted by atomic mass is 79.9. The van der Waals surface area contributed by atoms with Crippen molar-refractivity contribution in [2.45, 2.75) is 6.92 Å². The molecule has 1 fully saturated rings. The van der Waals surface area contributed by atoms with E-state index in [2.05, 4.69) is 21.4 Å². The van der Waals surface area contributed by atoms with Crippen molar-refractivity contribution in [2.24, 2.45) is 0 Å². The van der Waals surface area contributed by atoms with E-state index >= 15 is 0 Å². The van der Waals surface area contributed by atoms with E-state index in [1.165, 1.54) is 18.2 Å². The topological polar surface area (TPSA) is 92.6 Å². The van der Waals surface area contributed by atoms with Crippen molar-refractivity contribution in [3.63, 3.8) is 0 Å². The Hall–Kier alpha value is -3.00. The standard InChI is InChI=1S/C17H12BrN3O4/c1-10-3-2-4-12(7-10)20-17(23)13(16(22)19-20)8-11-5-6-14(18)15(9-11)21(24)25/h2-9H,1H3,(H,19,22). The molecule has 0 aliphatic carbocycles. The summed E-state index contributed by atoms with van der Waals surface area (Å²) in [5, 5.41) is 12.2. The normalized spacial score (nSPS) is 15.6. The molecule has 1 aliphatic rings. The van der Waals surface area contributed by atoms with Gasteiger partial charge in [0.15, 0.2) is 0 Å². The quantitative estimate of drug-likeness (QED) is 0.370. The van der Waals surface area contributed by atoms with Crippen molar-refractivity contribution < 1.29 is 14.5 Å². The van der Waals surface area contributed by atoms with Gasteiger partial charge in [0.1, 0.15) is 5.57 Å². The van der Waals surface area contributed by atoms with Crippen LogP contribution in [0.2, 0.25) is 0 Å². The van der Waals surface area contributed by atoms with Gasteiger partial charge in [-0.3, -0.25) is 25.1 Å². The number of benzene rings is 2. The molecule has 0 saturated carbocycles. The lowest BCUT2D eigenvalue weighted by atomic mass is 10.1. The van der Waals surface area contributed by atoms with Gasteiger partial charge in [-0.25, -0.2) is 5.01 Å². The van der Waals surface area contributed by atoms with Crippen LogP contribution in [0.1, 0.15) is 11.1 Å². The average Bonchev–Trinajstić information content (AvgIpc) is 2.84. The largest absolute Gasteiger partial charge is 0.284 e. The Morgan fingerprint density at radius 3 is 2.64 bits per heavy atom. The molecule has 0 radical (unpaired) electrons. The summed E-state index contributed by atoms with van der Waals surface area (Å²) in [6.07, 6.45) is 1.34. The number of nitrogens with zero attached hydrogens (tertiary/aromatic N) is 2. The third-order valence-electron chi connectivity index (χ3n) is 3.63. The summed E-state index contributed by atoms with van der Waals surface area (Å²) in [5.74, 6) is -1.07. The first-order valence-electron chi connectivity index (χ1n) is 7.24. The number of anilines is 1. The summed E-state index contributed by atoms with van der Waals surface area (Å²) >= 11 is 3.10. The van der Waals surface area contributed by atoms with Gasteiger partial charge in [-0.05, 0) is 58.3 Å². The highest BCUT2D eigenvalue weighted by molar-refractivity contribution is 9.10. The molecule has 0 unspecified atom stereocenters. The molecule has 1 heterocycles. The van der Waals surface area contributed by atoms with E-state index in [9.17, 15) is 19.7 Å². The van der Waals surface area contributed by atoms with Crippen LogP contribution in [0.15, 0.2) is 52.5 Å². The number of hydrogen-bond donors (Lipinski definition) is 1. The summed E-state index contributed by atoms with van der Waals surface area (Å²) in [7, 11) is 0. The molecule has 25 heavy (non-hydrogen) atoms. The van der Waals surface area contributed by atoms with Crippen LogP contribution in [0.4, 0.5) is 11.4 Å². The molecular formula is C17H12BrN3O4. The molecule has 2 aromatic carbocycles. The van der Waals surface area contributed by atoms with Gasteiger partial charge in [0.2, 0.25) is 0 Å². The van der Waals surface area contributed by atoms with Gasteiger partial charge < -0.3 is 0 Å². The molecule has 126 valence electrons. The lowest BCUT2D eigenvalue weighted by Crippen LogP contribution is -2.35. The molecule has 2 aromatic rings. The van der Waals surface area contributed by atoms with Gasteiger partial charge in [0.05, 0.1) is 15.1 Å². The second-order valence-electron chi connectivity index (χ2n) is 5.45. The van der Waals surface area contributed by atoms with Crippen molar-refractivity contribution in [2.75, 3.05) is 5.01 Å². The second kappa shape index (κ2) is 6.48. The number of halogens is 1. The predicted molar refractivity (Wildman–Crippen MR) is 95.6 cm³/mol. The van der Waals surface area contributed by atoms with Crippen LogP contribution in [-0.4, -0.2) is 16.7 Å². The van der Waals surface area contributed by atoms with Crippen molar-refractivity contribution in [3.05, 3.63) is 73.8 Å². The first kappa shape index (κ1) is 16.8. The number of nitro groups is 1. The highest BCUT2D eigenvalue weighted by Crippen LogP contribution is 2.28. The van der Waals surface area contributed by atoms with Crippen molar-refractivity contribution in [1.29, 1.82) is 0 Å². The number of aryl methyl sites for hydroxylation is 1. The third kappa shape index (κ3) is 3.29. The monoisotopic (exact) mass is 401 g/mol. The van der Waals surface area contributed by atoms with Gasteiger partial charge in [-0.2, -0.15) is 0 Å². The zero-order valence-electron chi connectivity index (χ0n) is 13.0. The van der Waals surface area contributed by atoms with Gasteiger partial charge in [0.25, 0.3) is 17.5 Å². The Morgan fingerprint density at radius 2 is 1.96 bits per heavy atom. The van der Waals surface area contributed by atoms with Crippen LogP contribution in [-0.2, 0) is 9.59 Å². The SMILES string of the molecule is Cc1cccc(N2NC(=O)C(=Cc3ccc(Br)c([N+](=O)[O-])c3)C2=O)c1. The van der Waals surface area contributed by atoms with Crippen molar-refractivity contribution in [3.8, 4) is 0 Å². The highest BCUT2D eigenvalue weighted by Gasteiger charge is 2.34. The minimum atomic E-state index is -0.558. The Kier molecular flexibility index (Phi) is 4.37. The summed E-state index contributed by atoms with van der Waals surface area (Å²) in [6.45, 7) is 1.88.